The van der Waals surface area contributed by atoms with Crippen LogP contribution in [0.3, 0.4) is 0 Å². The van der Waals surface area contributed by atoms with Crippen LogP contribution in [-0.4, -0.2) is 12.6 Å². The van der Waals surface area contributed by atoms with Crippen LogP contribution in [-0.2, 0) is 9.53 Å². The molecular formula is C11H22O2. The number of ether oxygens (including phenoxy) is 1. The quantitative estimate of drug-likeness (QED) is 0.620. The summed E-state index contributed by atoms with van der Waals surface area (Å²) in [5.74, 6) is 0.567. The molecule has 0 aliphatic carbocycles. The molecule has 1 saturated heterocycles. The summed E-state index contributed by atoms with van der Waals surface area (Å²) in [6.07, 6.45) is 1.84. The highest BCUT2D eigenvalue weighted by Crippen LogP contribution is 2.35. The second-order valence-corrected chi connectivity index (χ2v) is 4.04. The summed E-state index contributed by atoms with van der Waals surface area (Å²) in [6.45, 7) is 10.9. The van der Waals surface area contributed by atoms with E-state index in [1.54, 1.807) is 0 Å². The van der Waals surface area contributed by atoms with Crippen LogP contribution in [0.5, 0.6) is 0 Å². The van der Waals surface area contributed by atoms with Gasteiger partial charge in [-0.25, -0.2) is 0 Å². The molecule has 0 radical (unpaired) electrons. The first-order valence-electron chi connectivity index (χ1n) is 5.22. The van der Waals surface area contributed by atoms with Crippen LogP contribution in [0.4, 0.5) is 0 Å². The van der Waals surface area contributed by atoms with Gasteiger partial charge in [0, 0.05) is 0 Å². The lowest BCUT2D eigenvalue weighted by Gasteiger charge is -2.20. The van der Waals surface area contributed by atoms with Gasteiger partial charge in [0.25, 0.3) is 0 Å². The average molecular weight is 186 g/mol. The van der Waals surface area contributed by atoms with Gasteiger partial charge in [0.15, 0.2) is 0 Å². The lowest BCUT2D eigenvalue weighted by atomic mass is 9.81. The Balaban J connectivity index is 0.000000671. The van der Waals surface area contributed by atoms with E-state index in [2.05, 4.69) is 13.8 Å². The van der Waals surface area contributed by atoms with Crippen molar-refractivity contribution in [3.63, 3.8) is 0 Å². The van der Waals surface area contributed by atoms with E-state index in [9.17, 15) is 4.79 Å². The lowest BCUT2D eigenvalue weighted by molar-refractivity contribution is -0.146. The van der Waals surface area contributed by atoms with Crippen molar-refractivity contribution in [2.45, 2.75) is 47.5 Å². The zero-order valence-corrected chi connectivity index (χ0v) is 9.52. The molecule has 0 spiro atoms. The standard InChI is InChI=1S/C9H16O2.C2H6/c1-7(2)6-9(3)4-5-11-8(9)10;1-2/h7H,4-6H2,1-3H3;1-2H3. The highest BCUT2D eigenvalue weighted by molar-refractivity contribution is 5.78. The number of hydrogen-bond acceptors (Lipinski definition) is 2. The molecule has 0 N–H and O–H groups in total. The van der Waals surface area contributed by atoms with E-state index >= 15 is 0 Å². The minimum atomic E-state index is -0.186. The number of hydrogen-bond donors (Lipinski definition) is 0. The Morgan fingerprint density at radius 2 is 2.00 bits per heavy atom. The summed E-state index contributed by atoms with van der Waals surface area (Å²) in [4.78, 5) is 11.2. The highest BCUT2D eigenvalue weighted by Gasteiger charge is 2.39. The zero-order valence-electron chi connectivity index (χ0n) is 9.52. The molecule has 1 heterocycles. The summed E-state index contributed by atoms with van der Waals surface area (Å²) in [5.41, 5.74) is -0.186. The summed E-state index contributed by atoms with van der Waals surface area (Å²) >= 11 is 0. The largest absolute Gasteiger partial charge is 0.465 e. The number of carbonyl (C=O) groups excluding carboxylic acids is 1. The van der Waals surface area contributed by atoms with Gasteiger partial charge in [-0.3, -0.25) is 4.79 Å². The molecule has 0 amide bonds. The van der Waals surface area contributed by atoms with E-state index in [4.69, 9.17) is 4.74 Å². The van der Waals surface area contributed by atoms with Crippen molar-refractivity contribution in [2.75, 3.05) is 6.61 Å². The Kier molecular flexibility index (Phi) is 5.04. The van der Waals surface area contributed by atoms with E-state index in [0.29, 0.717) is 12.5 Å². The molecule has 0 aromatic heterocycles. The van der Waals surface area contributed by atoms with E-state index in [1.807, 2.05) is 20.8 Å². The molecule has 1 unspecified atom stereocenters. The van der Waals surface area contributed by atoms with Gasteiger partial charge < -0.3 is 4.74 Å². The normalized spacial score (nSPS) is 26.8. The summed E-state index contributed by atoms with van der Waals surface area (Å²) in [6, 6.07) is 0. The molecule has 2 heteroatoms. The second-order valence-electron chi connectivity index (χ2n) is 4.04. The summed E-state index contributed by atoms with van der Waals surface area (Å²) < 4.78 is 4.93. The van der Waals surface area contributed by atoms with Gasteiger partial charge in [-0.1, -0.05) is 27.7 Å². The minimum Gasteiger partial charge on any atom is -0.465 e. The SMILES string of the molecule is CC.CC(C)CC1(C)CCOC1=O. The van der Waals surface area contributed by atoms with E-state index in [1.165, 1.54) is 0 Å². The fraction of sp³-hybridized carbons (Fsp3) is 0.909. The maximum Gasteiger partial charge on any atom is 0.311 e. The van der Waals surface area contributed by atoms with Crippen LogP contribution < -0.4 is 0 Å². The fourth-order valence-corrected chi connectivity index (χ4v) is 1.73. The van der Waals surface area contributed by atoms with Crippen LogP contribution in [0.25, 0.3) is 0 Å². The molecule has 1 aliphatic rings. The van der Waals surface area contributed by atoms with Gasteiger partial charge in [-0.2, -0.15) is 0 Å². The molecule has 2 nitrogen and oxygen atoms in total. The first-order valence-corrected chi connectivity index (χ1v) is 5.22. The first-order chi connectivity index (χ1) is 6.04. The molecule has 13 heavy (non-hydrogen) atoms. The van der Waals surface area contributed by atoms with Gasteiger partial charge in [0.2, 0.25) is 0 Å². The summed E-state index contributed by atoms with van der Waals surface area (Å²) in [7, 11) is 0. The Labute approximate surface area is 81.7 Å². The van der Waals surface area contributed by atoms with Crippen molar-refractivity contribution in [1.82, 2.24) is 0 Å². The topological polar surface area (TPSA) is 26.3 Å². The third kappa shape index (κ3) is 3.37. The molecule has 1 fully saturated rings. The van der Waals surface area contributed by atoms with Crippen molar-refractivity contribution in [1.29, 1.82) is 0 Å². The third-order valence-corrected chi connectivity index (χ3v) is 2.24. The molecule has 1 atom stereocenters. The maximum atomic E-state index is 11.2. The van der Waals surface area contributed by atoms with Gasteiger partial charge in [-0.15, -0.1) is 0 Å². The molecule has 0 saturated carbocycles. The second kappa shape index (κ2) is 5.25. The smallest absolute Gasteiger partial charge is 0.311 e. The molecular weight excluding hydrogens is 164 g/mol. The van der Waals surface area contributed by atoms with E-state index < -0.39 is 0 Å². The summed E-state index contributed by atoms with van der Waals surface area (Å²) in [5, 5.41) is 0. The average Bonchev–Trinajstić information content (AvgIpc) is 2.35. The van der Waals surface area contributed by atoms with Crippen molar-refractivity contribution in [3.05, 3.63) is 0 Å². The van der Waals surface area contributed by atoms with Gasteiger partial charge >= 0.3 is 5.97 Å². The van der Waals surface area contributed by atoms with Gasteiger partial charge in [-0.05, 0) is 25.7 Å². The van der Waals surface area contributed by atoms with E-state index in [0.717, 1.165) is 12.8 Å². The lowest BCUT2D eigenvalue weighted by Crippen LogP contribution is -2.24. The van der Waals surface area contributed by atoms with Crippen molar-refractivity contribution in [2.24, 2.45) is 11.3 Å². The van der Waals surface area contributed by atoms with Crippen LogP contribution in [0.1, 0.15) is 47.5 Å². The molecule has 0 bridgehead atoms. The van der Waals surface area contributed by atoms with Crippen LogP contribution in [0.2, 0.25) is 0 Å². The zero-order chi connectivity index (χ0) is 10.5. The predicted octanol–water partition coefficient (Wildman–Crippen LogP) is 3.01. The minimum absolute atomic E-state index is 0.00815. The van der Waals surface area contributed by atoms with Crippen molar-refractivity contribution < 1.29 is 9.53 Å². The van der Waals surface area contributed by atoms with Crippen LogP contribution >= 0.6 is 0 Å². The van der Waals surface area contributed by atoms with Crippen molar-refractivity contribution in [3.8, 4) is 0 Å². The molecule has 1 aliphatic heterocycles. The first kappa shape index (κ1) is 12.5. The molecule has 78 valence electrons. The molecule has 0 aromatic rings. The van der Waals surface area contributed by atoms with Gasteiger partial charge in [0.05, 0.1) is 12.0 Å². The third-order valence-electron chi connectivity index (χ3n) is 2.24. The number of cyclic esters (lactones) is 1. The Bertz CT molecular complexity index is 163. The number of esters is 1. The number of carbonyl (C=O) groups is 1. The maximum absolute atomic E-state index is 11.2. The van der Waals surface area contributed by atoms with E-state index in [-0.39, 0.29) is 11.4 Å². The van der Waals surface area contributed by atoms with Crippen molar-refractivity contribution >= 4 is 5.97 Å². The monoisotopic (exact) mass is 186 g/mol. The van der Waals surface area contributed by atoms with Crippen LogP contribution in [0, 0.1) is 11.3 Å². The Morgan fingerprint density at radius 3 is 2.31 bits per heavy atom. The Morgan fingerprint density at radius 1 is 1.46 bits per heavy atom. The highest BCUT2D eigenvalue weighted by atomic mass is 16.5. The fourth-order valence-electron chi connectivity index (χ4n) is 1.73. The number of rotatable bonds is 2. The molecule has 0 aromatic carbocycles. The molecule has 1 rings (SSSR count). The predicted molar refractivity (Wildman–Crippen MR) is 54.5 cm³/mol. The van der Waals surface area contributed by atoms with Gasteiger partial charge in [0.1, 0.15) is 0 Å². The van der Waals surface area contributed by atoms with Crippen LogP contribution in [0.15, 0.2) is 0 Å². The Hall–Kier alpha value is -0.530.